The molecule has 0 aliphatic carbocycles. The minimum atomic E-state index is -3.86. The van der Waals surface area contributed by atoms with Gasteiger partial charge in [0.15, 0.2) is 6.29 Å². The van der Waals surface area contributed by atoms with Gasteiger partial charge in [-0.25, -0.2) is 9.09 Å². The highest BCUT2D eigenvalue weighted by Gasteiger charge is 2.35. The molecule has 0 amide bonds. The third-order valence-electron chi connectivity index (χ3n) is 3.31. The summed E-state index contributed by atoms with van der Waals surface area (Å²) >= 11 is 0. The van der Waals surface area contributed by atoms with Crippen LogP contribution in [-0.2, 0) is 13.8 Å². The zero-order chi connectivity index (χ0) is 16.0. The lowest BCUT2D eigenvalue weighted by molar-refractivity contribution is -0.114. The van der Waals surface area contributed by atoms with Crippen LogP contribution in [0.4, 0.5) is 0 Å². The summed E-state index contributed by atoms with van der Waals surface area (Å²) in [5.41, 5.74) is 0. The zero-order valence-electron chi connectivity index (χ0n) is 12.7. The molecule has 6 heteroatoms. The number of benzene rings is 2. The van der Waals surface area contributed by atoms with E-state index in [0.29, 0.717) is 24.5 Å². The first-order valence-electron chi connectivity index (χ1n) is 7.63. The normalized spacial score (nSPS) is 18.3. The summed E-state index contributed by atoms with van der Waals surface area (Å²) < 4.78 is 35.2. The van der Waals surface area contributed by atoms with E-state index in [2.05, 4.69) is 0 Å². The SMILES string of the molecule is O=P(Oc1ccccc1)(Oc1ccccc1)O[C@H]1CCCCO1. The van der Waals surface area contributed by atoms with Crippen molar-refractivity contribution < 1.29 is 22.9 Å². The molecule has 2 aromatic rings. The van der Waals surface area contributed by atoms with Crippen molar-refractivity contribution in [1.29, 1.82) is 0 Å². The van der Waals surface area contributed by atoms with Crippen LogP contribution in [0.2, 0.25) is 0 Å². The molecule has 0 N–H and O–H groups in total. The molecular formula is C17H19O5P. The first-order chi connectivity index (χ1) is 11.2. The average molecular weight is 334 g/mol. The van der Waals surface area contributed by atoms with Crippen molar-refractivity contribution in [1.82, 2.24) is 0 Å². The molecule has 0 saturated carbocycles. The number of phosphoric acid groups is 1. The number of rotatable bonds is 6. The third kappa shape index (κ3) is 4.83. The molecule has 0 unspecified atom stereocenters. The summed E-state index contributed by atoms with van der Waals surface area (Å²) in [5.74, 6) is 0.838. The second-order valence-corrected chi connectivity index (χ2v) is 6.63. The van der Waals surface area contributed by atoms with Gasteiger partial charge in [-0.05, 0) is 43.5 Å². The monoisotopic (exact) mass is 334 g/mol. The first-order valence-corrected chi connectivity index (χ1v) is 9.09. The molecule has 0 spiro atoms. The van der Waals surface area contributed by atoms with Crippen LogP contribution in [0.25, 0.3) is 0 Å². The van der Waals surface area contributed by atoms with Crippen LogP contribution in [0.3, 0.4) is 0 Å². The van der Waals surface area contributed by atoms with Crippen molar-refractivity contribution in [2.75, 3.05) is 6.61 Å². The van der Waals surface area contributed by atoms with Gasteiger partial charge in [-0.2, -0.15) is 0 Å². The molecule has 1 aliphatic rings. The largest absolute Gasteiger partial charge is 0.589 e. The first kappa shape index (κ1) is 16.1. The van der Waals surface area contributed by atoms with Crippen molar-refractivity contribution in [2.45, 2.75) is 25.6 Å². The minimum absolute atomic E-state index is 0.419. The number of ether oxygens (including phenoxy) is 1. The molecule has 0 aromatic heterocycles. The van der Waals surface area contributed by atoms with Gasteiger partial charge in [0.25, 0.3) is 0 Å². The Kier molecular flexibility index (Phi) is 5.34. The van der Waals surface area contributed by atoms with Crippen LogP contribution >= 0.6 is 7.82 Å². The van der Waals surface area contributed by atoms with Crippen molar-refractivity contribution >= 4 is 7.82 Å². The Labute approximate surface area is 135 Å². The minimum Gasteiger partial charge on any atom is -0.395 e. The van der Waals surface area contributed by atoms with Gasteiger partial charge in [-0.1, -0.05) is 36.4 Å². The van der Waals surface area contributed by atoms with Gasteiger partial charge in [0, 0.05) is 6.61 Å². The number of hydrogen-bond acceptors (Lipinski definition) is 5. The second kappa shape index (κ2) is 7.64. The van der Waals surface area contributed by atoms with E-state index in [9.17, 15) is 4.57 Å². The second-order valence-electron chi connectivity index (χ2n) is 5.16. The number of phosphoric ester groups is 1. The maximum Gasteiger partial charge on any atom is 0.589 e. The quantitative estimate of drug-likeness (QED) is 0.711. The standard InChI is InChI=1S/C17H19O5P/c18-23(20-15-9-3-1-4-10-15,21-16-11-5-2-6-12-16)22-17-13-7-8-14-19-17/h1-6,9-12,17H,7-8,13-14H2/t17-/m0/s1. The fraction of sp³-hybridized carbons (Fsp3) is 0.294. The van der Waals surface area contributed by atoms with E-state index in [1.807, 2.05) is 12.1 Å². The summed E-state index contributed by atoms with van der Waals surface area (Å²) in [6.45, 7) is 0.585. The van der Waals surface area contributed by atoms with E-state index in [0.717, 1.165) is 12.8 Å². The predicted molar refractivity (Wildman–Crippen MR) is 86.4 cm³/mol. The van der Waals surface area contributed by atoms with E-state index in [-0.39, 0.29) is 0 Å². The van der Waals surface area contributed by atoms with Gasteiger partial charge in [0.05, 0.1) is 0 Å². The third-order valence-corrected chi connectivity index (χ3v) is 4.67. The maximum absolute atomic E-state index is 13.1. The summed E-state index contributed by atoms with van der Waals surface area (Å²) in [6.07, 6.45) is 2.02. The van der Waals surface area contributed by atoms with Gasteiger partial charge in [-0.3, -0.25) is 0 Å². The Balaban J connectivity index is 1.77. The lowest BCUT2D eigenvalue weighted by atomic mass is 10.2. The van der Waals surface area contributed by atoms with Crippen LogP contribution < -0.4 is 9.05 Å². The molecule has 0 radical (unpaired) electrons. The Morgan fingerprint density at radius 2 is 1.43 bits per heavy atom. The highest BCUT2D eigenvalue weighted by molar-refractivity contribution is 7.49. The molecule has 5 nitrogen and oxygen atoms in total. The Morgan fingerprint density at radius 3 is 1.91 bits per heavy atom. The molecule has 1 atom stereocenters. The van der Waals surface area contributed by atoms with E-state index in [4.69, 9.17) is 18.3 Å². The van der Waals surface area contributed by atoms with Gasteiger partial charge in [0.1, 0.15) is 11.5 Å². The predicted octanol–water partition coefficient (Wildman–Crippen LogP) is 4.80. The highest BCUT2D eigenvalue weighted by atomic mass is 31.2. The molecule has 3 rings (SSSR count). The lowest BCUT2D eigenvalue weighted by Crippen LogP contribution is -2.23. The molecule has 2 aromatic carbocycles. The van der Waals surface area contributed by atoms with E-state index < -0.39 is 14.1 Å². The molecule has 1 saturated heterocycles. The number of hydrogen-bond donors (Lipinski definition) is 0. The molecule has 122 valence electrons. The van der Waals surface area contributed by atoms with Crippen LogP contribution in [0.1, 0.15) is 19.3 Å². The zero-order valence-corrected chi connectivity index (χ0v) is 13.6. The van der Waals surface area contributed by atoms with Gasteiger partial charge in [0.2, 0.25) is 0 Å². The molecule has 0 bridgehead atoms. The van der Waals surface area contributed by atoms with Crippen molar-refractivity contribution in [3.05, 3.63) is 60.7 Å². The van der Waals surface area contributed by atoms with E-state index >= 15 is 0 Å². The van der Waals surface area contributed by atoms with E-state index in [1.165, 1.54) is 0 Å². The van der Waals surface area contributed by atoms with E-state index in [1.54, 1.807) is 48.5 Å². The Hall–Kier alpha value is -1.81. The maximum atomic E-state index is 13.1. The molecule has 23 heavy (non-hydrogen) atoms. The van der Waals surface area contributed by atoms with Crippen LogP contribution in [0, 0.1) is 0 Å². The smallest absolute Gasteiger partial charge is 0.395 e. The van der Waals surface area contributed by atoms with Crippen LogP contribution in [0.5, 0.6) is 11.5 Å². The van der Waals surface area contributed by atoms with Crippen molar-refractivity contribution in [2.24, 2.45) is 0 Å². The molecular weight excluding hydrogens is 315 g/mol. The molecule has 1 heterocycles. The van der Waals surface area contributed by atoms with Gasteiger partial charge in [-0.15, -0.1) is 0 Å². The topological polar surface area (TPSA) is 54.0 Å². The van der Waals surface area contributed by atoms with Gasteiger partial charge < -0.3 is 13.8 Å². The Morgan fingerprint density at radius 1 is 0.870 bits per heavy atom. The lowest BCUT2D eigenvalue weighted by Gasteiger charge is -2.26. The van der Waals surface area contributed by atoms with Crippen molar-refractivity contribution in [3.8, 4) is 11.5 Å². The van der Waals surface area contributed by atoms with Crippen LogP contribution in [0.15, 0.2) is 60.7 Å². The fourth-order valence-corrected chi connectivity index (χ4v) is 3.56. The summed E-state index contributed by atoms with van der Waals surface area (Å²) in [6, 6.07) is 17.7. The van der Waals surface area contributed by atoms with Crippen molar-refractivity contribution in [3.63, 3.8) is 0 Å². The molecule has 1 aliphatic heterocycles. The number of para-hydroxylation sites is 2. The molecule has 1 fully saturated rings. The van der Waals surface area contributed by atoms with Gasteiger partial charge >= 0.3 is 7.82 Å². The summed E-state index contributed by atoms with van der Waals surface area (Å²) in [5, 5.41) is 0. The highest BCUT2D eigenvalue weighted by Crippen LogP contribution is 2.51. The fourth-order valence-electron chi connectivity index (χ4n) is 2.22. The summed E-state index contributed by atoms with van der Waals surface area (Å²) in [7, 11) is -3.86. The summed E-state index contributed by atoms with van der Waals surface area (Å²) in [4.78, 5) is 0. The Bertz CT molecular complexity index is 595. The average Bonchev–Trinajstić information content (AvgIpc) is 2.57. The van der Waals surface area contributed by atoms with Crippen LogP contribution in [-0.4, -0.2) is 12.9 Å².